The molecule has 3 nitrogen and oxygen atoms in total. The topological polar surface area (TPSA) is 51.8 Å². The maximum atomic E-state index is 5.97. The summed E-state index contributed by atoms with van der Waals surface area (Å²) in [5, 5.41) is 0. The van der Waals surface area contributed by atoms with Crippen LogP contribution in [0.4, 0.5) is 5.82 Å². The van der Waals surface area contributed by atoms with Crippen molar-refractivity contribution in [3.05, 3.63) is 40.0 Å². The van der Waals surface area contributed by atoms with Gasteiger partial charge in [-0.2, -0.15) is 11.8 Å². The number of rotatable bonds is 1. The molecule has 0 fully saturated rings. The van der Waals surface area contributed by atoms with Crippen LogP contribution in [0.25, 0.3) is 11.4 Å². The van der Waals surface area contributed by atoms with Crippen molar-refractivity contribution in [1.82, 2.24) is 9.97 Å². The fraction of sp³-hybridized carbons (Fsp3) is 0.167. The van der Waals surface area contributed by atoms with E-state index in [2.05, 4.69) is 25.9 Å². The Morgan fingerprint density at radius 1 is 1.24 bits per heavy atom. The van der Waals surface area contributed by atoms with Crippen molar-refractivity contribution in [2.75, 3.05) is 5.73 Å². The Kier molecular flexibility index (Phi) is 2.80. The number of thioether (sulfide) groups is 1. The van der Waals surface area contributed by atoms with Gasteiger partial charge in [-0.3, -0.25) is 0 Å². The largest absolute Gasteiger partial charge is 0.383 e. The number of hydrogen-bond acceptors (Lipinski definition) is 4. The molecule has 1 aromatic heterocycles. The van der Waals surface area contributed by atoms with E-state index in [1.165, 1.54) is 0 Å². The van der Waals surface area contributed by atoms with E-state index in [4.69, 9.17) is 5.73 Å². The standard InChI is InChI=1S/C12H10BrN3S/c13-8-3-1-2-7(4-8)12-15-10-6-17-5-9(10)11(14)16-12/h1-4H,5-6H2,(H2,14,15,16). The number of nitrogens with two attached hydrogens (primary N) is 1. The number of benzene rings is 1. The molecule has 86 valence electrons. The Bertz CT molecular complexity index is 586. The predicted molar refractivity (Wildman–Crippen MR) is 74.6 cm³/mol. The second kappa shape index (κ2) is 4.31. The molecule has 3 rings (SSSR count). The predicted octanol–water partition coefficient (Wildman–Crippen LogP) is 3.24. The monoisotopic (exact) mass is 307 g/mol. The van der Waals surface area contributed by atoms with Crippen molar-refractivity contribution in [1.29, 1.82) is 0 Å². The van der Waals surface area contributed by atoms with E-state index in [1.807, 2.05) is 36.0 Å². The first-order valence-electron chi connectivity index (χ1n) is 5.23. The molecule has 1 aromatic carbocycles. The molecule has 0 spiro atoms. The van der Waals surface area contributed by atoms with Crippen LogP contribution in [0.3, 0.4) is 0 Å². The lowest BCUT2D eigenvalue weighted by molar-refractivity contribution is 1.08. The average molecular weight is 308 g/mol. The summed E-state index contributed by atoms with van der Waals surface area (Å²) in [6.07, 6.45) is 0. The lowest BCUT2D eigenvalue weighted by atomic mass is 10.2. The highest BCUT2D eigenvalue weighted by Gasteiger charge is 2.18. The van der Waals surface area contributed by atoms with Crippen molar-refractivity contribution in [2.24, 2.45) is 0 Å². The summed E-state index contributed by atoms with van der Waals surface area (Å²) in [5.41, 5.74) is 9.15. The van der Waals surface area contributed by atoms with Gasteiger partial charge in [0, 0.05) is 27.1 Å². The summed E-state index contributed by atoms with van der Waals surface area (Å²) in [5.74, 6) is 3.20. The van der Waals surface area contributed by atoms with Crippen LogP contribution >= 0.6 is 27.7 Å². The van der Waals surface area contributed by atoms with Crippen molar-refractivity contribution < 1.29 is 0 Å². The molecule has 5 heteroatoms. The second-order valence-corrected chi connectivity index (χ2v) is 5.76. The first-order valence-corrected chi connectivity index (χ1v) is 7.18. The van der Waals surface area contributed by atoms with Crippen LogP contribution in [0, 0.1) is 0 Å². The molecular formula is C12H10BrN3S. The molecule has 0 bridgehead atoms. The second-order valence-electron chi connectivity index (χ2n) is 3.86. The minimum atomic E-state index is 0.620. The minimum Gasteiger partial charge on any atom is -0.383 e. The van der Waals surface area contributed by atoms with Gasteiger partial charge in [0.25, 0.3) is 0 Å². The number of anilines is 1. The summed E-state index contributed by atoms with van der Waals surface area (Å²) in [4.78, 5) is 8.98. The molecule has 0 atom stereocenters. The summed E-state index contributed by atoms with van der Waals surface area (Å²) >= 11 is 5.28. The van der Waals surface area contributed by atoms with E-state index in [-0.39, 0.29) is 0 Å². The van der Waals surface area contributed by atoms with Crippen molar-refractivity contribution >= 4 is 33.5 Å². The molecule has 1 aliphatic rings. The summed E-state index contributed by atoms with van der Waals surface area (Å²) in [6.45, 7) is 0. The first kappa shape index (κ1) is 11.0. The lowest BCUT2D eigenvalue weighted by Crippen LogP contribution is -2.02. The molecule has 0 aliphatic carbocycles. The van der Waals surface area contributed by atoms with Crippen LogP contribution in [0.5, 0.6) is 0 Å². The van der Waals surface area contributed by atoms with Crippen LogP contribution in [-0.4, -0.2) is 9.97 Å². The highest BCUT2D eigenvalue weighted by Crippen LogP contribution is 2.33. The average Bonchev–Trinajstić information content (AvgIpc) is 2.77. The van der Waals surface area contributed by atoms with Gasteiger partial charge in [-0.25, -0.2) is 9.97 Å². The Balaban J connectivity index is 2.13. The van der Waals surface area contributed by atoms with Gasteiger partial charge in [-0.15, -0.1) is 0 Å². The molecule has 0 unspecified atom stereocenters. The van der Waals surface area contributed by atoms with Gasteiger partial charge >= 0.3 is 0 Å². The van der Waals surface area contributed by atoms with E-state index >= 15 is 0 Å². The van der Waals surface area contributed by atoms with Crippen LogP contribution < -0.4 is 5.73 Å². The van der Waals surface area contributed by atoms with Crippen molar-refractivity contribution in [2.45, 2.75) is 11.5 Å². The zero-order chi connectivity index (χ0) is 11.8. The summed E-state index contributed by atoms with van der Waals surface area (Å²) in [7, 11) is 0. The number of halogens is 1. The summed E-state index contributed by atoms with van der Waals surface area (Å²) in [6, 6.07) is 7.95. The molecule has 1 aliphatic heterocycles. The van der Waals surface area contributed by atoms with E-state index in [0.717, 1.165) is 32.8 Å². The molecule has 17 heavy (non-hydrogen) atoms. The van der Waals surface area contributed by atoms with E-state index in [9.17, 15) is 0 Å². The van der Waals surface area contributed by atoms with Crippen LogP contribution in [0.1, 0.15) is 11.3 Å². The number of fused-ring (bicyclic) bond motifs is 1. The molecule has 2 heterocycles. The molecule has 0 radical (unpaired) electrons. The lowest BCUT2D eigenvalue weighted by Gasteiger charge is -2.06. The van der Waals surface area contributed by atoms with Crippen molar-refractivity contribution in [3.8, 4) is 11.4 Å². The molecule has 2 N–H and O–H groups in total. The van der Waals surface area contributed by atoms with Crippen LogP contribution in [0.15, 0.2) is 28.7 Å². The van der Waals surface area contributed by atoms with Gasteiger partial charge < -0.3 is 5.73 Å². The van der Waals surface area contributed by atoms with Crippen LogP contribution in [0.2, 0.25) is 0 Å². The highest BCUT2D eigenvalue weighted by molar-refractivity contribution is 9.10. The molecular weight excluding hydrogens is 298 g/mol. The van der Waals surface area contributed by atoms with Crippen molar-refractivity contribution in [3.63, 3.8) is 0 Å². The molecule has 2 aromatic rings. The summed E-state index contributed by atoms with van der Waals surface area (Å²) < 4.78 is 1.02. The molecule has 0 saturated carbocycles. The van der Waals surface area contributed by atoms with Gasteiger partial charge in [0.15, 0.2) is 5.82 Å². The van der Waals surface area contributed by atoms with Gasteiger partial charge in [0.05, 0.1) is 5.69 Å². The maximum Gasteiger partial charge on any atom is 0.161 e. The van der Waals surface area contributed by atoms with Crippen LogP contribution in [-0.2, 0) is 11.5 Å². The number of aromatic nitrogens is 2. The number of hydrogen-bond donors (Lipinski definition) is 1. The fourth-order valence-electron chi connectivity index (χ4n) is 1.83. The van der Waals surface area contributed by atoms with Gasteiger partial charge in [-0.1, -0.05) is 28.1 Å². The fourth-order valence-corrected chi connectivity index (χ4v) is 3.28. The quantitative estimate of drug-likeness (QED) is 0.879. The number of nitrogen functional groups attached to an aromatic ring is 1. The third kappa shape index (κ3) is 2.05. The van der Waals surface area contributed by atoms with E-state index in [0.29, 0.717) is 11.6 Å². The Morgan fingerprint density at radius 2 is 2.12 bits per heavy atom. The Morgan fingerprint density at radius 3 is 2.94 bits per heavy atom. The van der Waals surface area contributed by atoms with Gasteiger partial charge in [0.1, 0.15) is 5.82 Å². The van der Waals surface area contributed by atoms with E-state index in [1.54, 1.807) is 0 Å². The Labute approximate surface area is 112 Å². The molecule has 0 amide bonds. The Hall–Kier alpha value is -1.07. The third-order valence-electron chi connectivity index (χ3n) is 2.69. The normalized spacial score (nSPS) is 13.7. The minimum absolute atomic E-state index is 0.620. The maximum absolute atomic E-state index is 5.97. The first-order chi connectivity index (χ1) is 8.24. The smallest absolute Gasteiger partial charge is 0.161 e. The third-order valence-corrected chi connectivity index (χ3v) is 4.16. The number of nitrogens with zero attached hydrogens (tertiary/aromatic N) is 2. The highest BCUT2D eigenvalue weighted by atomic mass is 79.9. The molecule has 0 saturated heterocycles. The zero-order valence-electron chi connectivity index (χ0n) is 8.98. The van der Waals surface area contributed by atoms with E-state index < -0.39 is 0 Å². The SMILES string of the molecule is Nc1nc(-c2cccc(Br)c2)nc2c1CSC2. The van der Waals surface area contributed by atoms with Gasteiger partial charge in [0.2, 0.25) is 0 Å². The van der Waals surface area contributed by atoms with Gasteiger partial charge in [-0.05, 0) is 12.1 Å². The zero-order valence-corrected chi connectivity index (χ0v) is 11.4.